The lowest BCUT2D eigenvalue weighted by atomic mass is 10.0. The number of pyridine rings is 1. The zero-order chi connectivity index (χ0) is 10.8. The number of hydrogen-bond donors (Lipinski definition) is 0. The molecule has 2 heterocycles. The molecule has 15 heavy (non-hydrogen) atoms. The largest absolute Gasteiger partial charge is 0.367 e. The van der Waals surface area contributed by atoms with E-state index in [-0.39, 0.29) is 0 Å². The lowest BCUT2D eigenvalue weighted by Crippen LogP contribution is -2.33. The molecule has 0 aromatic carbocycles. The minimum atomic E-state index is 0.684. The van der Waals surface area contributed by atoms with Gasteiger partial charge in [-0.05, 0) is 40.8 Å². The zero-order valence-corrected chi connectivity index (χ0v) is 10.9. The first-order chi connectivity index (χ1) is 7.20. The summed E-state index contributed by atoms with van der Waals surface area (Å²) in [6.07, 6.45) is 6.37. The van der Waals surface area contributed by atoms with Crippen LogP contribution in [0.15, 0.2) is 22.9 Å². The Balaban J connectivity index is 2.27. The molecule has 1 atom stereocenters. The van der Waals surface area contributed by atoms with E-state index in [0.717, 1.165) is 4.47 Å². The maximum absolute atomic E-state index is 4.11. The van der Waals surface area contributed by atoms with Crippen molar-refractivity contribution in [2.75, 3.05) is 11.4 Å². The summed E-state index contributed by atoms with van der Waals surface area (Å²) >= 11 is 3.58. The van der Waals surface area contributed by atoms with Gasteiger partial charge in [-0.25, -0.2) is 0 Å². The minimum absolute atomic E-state index is 0.684. The van der Waals surface area contributed by atoms with Crippen LogP contribution in [0, 0.1) is 5.92 Å². The van der Waals surface area contributed by atoms with Gasteiger partial charge in [0.25, 0.3) is 0 Å². The van der Waals surface area contributed by atoms with Gasteiger partial charge in [0.05, 0.1) is 10.2 Å². The van der Waals surface area contributed by atoms with Crippen molar-refractivity contribution in [3.8, 4) is 0 Å². The smallest absolute Gasteiger partial charge is 0.0592 e. The maximum Gasteiger partial charge on any atom is 0.0592 e. The second-order valence-electron chi connectivity index (χ2n) is 4.47. The van der Waals surface area contributed by atoms with Crippen molar-refractivity contribution in [2.45, 2.75) is 32.7 Å². The van der Waals surface area contributed by atoms with Crippen molar-refractivity contribution >= 4 is 21.6 Å². The van der Waals surface area contributed by atoms with Crippen LogP contribution in [0.5, 0.6) is 0 Å². The molecule has 1 unspecified atom stereocenters. The van der Waals surface area contributed by atoms with Crippen molar-refractivity contribution in [2.24, 2.45) is 5.92 Å². The topological polar surface area (TPSA) is 16.1 Å². The van der Waals surface area contributed by atoms with Gasteiger partial charge in [-0.15, -0.1) is 0 Å². The number of aromatic nitrogens is 1. The average Bonchev–Trinajstić information content (AvgIpc) is 2.67. The highest BCUT2D eigenvalue weighted by Crippen LogP contribution is 2.33. The molecule has 0 radical (unpaired) electrons. The number of halogens is 1. The molecule has 1 aromatic heterocycles. The molecule has 2 rings (SSSR count). The van der Waals surface area contributed by atoms with Crippen LogP contribution >= 0.6 is 15.9 Å². The van der Waals surface area contributed by atoms with Gasteiger partial charge in [0.1, 0.15) is 0 Å². The van der Waals surface area contributed by atoms with Crippen LogP contribution in [0.1, 0.15) is 26.7 Å². The van der Waals surface area contributed by atoms with Crippen LogP contribution < -0.4 is 4.90 Å². The van der Waals surface area contributed by atoms with E-state index in [2.05, 4.69) is 45.7 Å². The van der Waals surface area contributed by atoms with Crippen LogP contribution in [0.3, 0.4) is 0 Å². The Morgan fingerprint density at radius 3 is 3.00 bits per heavy atom. The van der Waals surface area contributed by atoms with E-state index in [1.54, 1.807) is 0 Å². The summed E-state index contributed by atoms with van der Waals surface area (Å²) in [4.78, 5) is 6.62. The highest BCUT2D eigenvalue weighted by atomic mass is 79.9. The SMILES string of the molecule is CC(C)C1CCCN1c1ccncc1Br. The maximum atomic E-state index is 4.11. The Morgan fingerprint density at radius 1 is 1.53 bits per heavy atom. The van der Waals surface area contributed by atoms with E-state index in [9.17, 15) is 0 Å². The highest BCUT2D eigenvalue weighted by molar-refractivity contribution is 9.10. The summed E-state index contributed by atoms with van der Waals surface area (Å²) in [6, 6.07) is 2.79. The van der Waals surface area contributed by atoms with E-state index in [1.807, 2.05) is 12.4 Å². The Hall–Kier alpha value is -0.570. The summed E-state index contributed by atoms with van der Waals surface area (Å²) in [7, 11) is 0. The lowest BCUT2D eigenvalue weighted by Gasteiger charge is -2.30. The fourth-order valence-corrected chi connectivity index (χ4v) is 2.86. The molecule has 2 nitrogen and oxygen atoms in total. The van der Waals surface area contributed by atoms with Crippen molar-refractivity contribution in [1.82, 2.24) is 4.98 Å². The Kier molecular flexibility index (Phi) is 3.29. The predicted molar refractivity (Wildman–Crippen MR) is 67.1 cm³/mol. The van der Waals surface area contributed by atoms with Crippen molar-refractivity contribution in [1.29, 1.82) is 0 Å². The van der Waals surface area contributed by atoms with Crippen LogP contribution in [0.2, 0.25) is 0 Å². The predicted octanol–water partition coefficient (Wildman–Crippen LogP) is 3.47. The second-order valence-corrected chi connectivity index (χ2v) is 5.33. The molecule has 0 N–H and O–H groups in total. The number of anilines is 1. The summed E-state index contributed by atoms with van der Waals surface area (Å²) < 4.78 is 1.11. The third kappa shape index (κ3) is 2.17. The van der Waals surface area contributed by atoms with E-state index in [4.69, 9.17) is 0 Å². The molecular weight excluding hydrogens is 252 g/mol. The first-order valence-electron chi connectivity index (χ1n) is 5.56. The van der Waals surface area contributed by atoms with E-state index in [1.165, 1.54) is 25.1 Å². The first-order valence-corrected chi connectivity index (χ1v) is 6.35. The molecule has 1 aliphatic rings. The van der Waals surface area contributed by atoms with Gasteiger partial charge < -0.3 is 4.90 Å². The van der Waals surface area contributed by atoms with Gasteiger partial charge in [0.2, 0.25) is 0 Å². The molecular formula is C12H17BrN2. The quantitative estimate of drug-likeness (QED) is 0.817. The molecule has 1 saturated heterocycles. The van der Waals surface area contributed by atoms with Crippen LogP contribution in [-0.4, -0.2) is 17.6 Å². The molecule has 0 spiro atoms. The average molecular weight is 269 g/mol. The van der Waals surface area contributed by atoms with Crippen LogP contribution in [0.4, 0.5) is 5.69 Å². The molecule has 0 saturated carbocycles. The van der Waals surface area contributed by atoms with Crippen molar-refractivity contribution < 1.29 is 0 Å². The Bertz CT molecular complexity index is 338. The third-order valence-corrected chi connectivity index (χ3v) is 3.74. The molecule has 3 heteroatoms. The highest BCUT2D eigenvalue weighted by Gasteiger charge is 2.28. The Labute approximate surface area is 99.8 Å². The summed E-state index contributed by atoms with van der Waals surface area (Å²) in [5.74, 6) is 0.715. The third-order valence-electron chi connectivity index (χ3n) is 3.13. The molecule has 1 aromatic rings. The molecule has 0 bridgehead atoms. The fraction of sp³-hybridized carbons (Fsp3) is 0.583. The van der Waals surface area contributed by atoms with Gasteiger partial charge >= 0.3 is 0 Å². The summed E-state index contributed by atoms with van der Waals surface area (Å²) in [5, 5.41) is 0. The van der Waals surface area contributed by atoms with Gasteiger partial charge in [0.15, 0.2) is 0 Å². The number of hydrogen-bond acceptors (Lipinski definition) is 2. The molecule has 1 fully saturated rings. The Morgan fingerprint density at radius 2 is 2.33 bits per heavy atom. The second kappa shape index (κ2) is 4.52. The summed E-state index contributed by atoms with van der Waals surface area (Å²) in [5.41, 5.74) is 1.29. The minimum Gasteiger partial charge on any atom is -0.367 e. The monoisotopic (exact) mass is 268 g/mol. The molecule has 0 amide bonds. The van der Waals surface area contributed by atoms with Gasteiger partial charge in [-0.2, -0.15) is 0 Å². The van der Waals surface area contributed by atoms with Crippen LogP contribution in [-0.2, 0) is 0 Å². The van der Waals surface area contributed by atoms with Gasteiger partial charge in [-0.1, -0.05) is 13.8 Å². The molecule has 82 valence electrons. The standard InChI is InChI=1S/C12H17BrN2/c1-9(2)11-4-3-7-15(11)12-5-6-14-8-10(12)13/h5-6,8-9,11H,3-4,7H2,1-2H3. The first kappa shape index (κ1) is 10.9. The van der Waals surface area contributed by atoms with E-state index < -0.39 is 0 Å². The zero-order valence-electron chi connectivity index (χ0n) is 9.28. The van der Waals surface area contributed by atoms with Crippen molar-refractivity contribution in [3.05, 3.63) is 22.9 Å². The fourth-order valence-electron chi connectivity index (χ4n) is 2.39. The van der Waals surface area contributed by atoms with E-state index in [0.29, 0.717) is 12.0 Å². The van der Waals surface area contributed by atoms with Crippen molar-refractivity contribution in [3.63, 3.8) is 0 Å². The number of rotatable bonds is 2. The molecule has 1 aliphatic heterocycles. The molecule has 0 aliphatic carbocycles. The number of nitrogens with zero attached hydrogens (tertiary/aromatic N) is 2. The lowest BCUT2D eigenvalue weighted by molar-refractivity contribution is 0.491. The van der Waals surface area contributed by atoms with E-state index >= 15 is 0 Å². The van der Waals surface area contributed by atoms with Crippen LogP contribution in [0.25, 0.3) is 0 Å². The summed E-state index contributed by atoms with van der Waals surface area (Å²) in [6.45, 7) is 5.78. The van der Waals surface area contributed by atoms with Gasteiger partial charge in [-0.3, -0.25) is 4.98 Å². The van der Waals surface area contributed by atoms with Gasteiger partial charge in [0, 0.05) is 25.0 Å². The normalized spacial score (nSPS) is 21.3.